The Hall–Kier alpha value is -0.870. The molecule has 0 spiro atoms. The first-order valence-electron chi connectivity index (χ1n) is 6.07. The van der Waals surface area contributed by atoms with E-state index in [0.29, 0.717) is 17.5 Å². The van der Waals surface area contributed by atoms with Crippen molar-refractivity contribution in [3.63, 3.8) is 0 Å². The van der Waals surface area contributed by atoms with E-state index in [0.717, 1.165) is 11.3 Å². The van der Waals surface area contributed by atoms with Crippen LogP contribution in [0.2, 0.25) is 0 Å². The normalized spacial score (nSPS) is 15.8. The van der Waals surface area contributed by atoms with Gasteiger partial charge in [0.1, 0.15) is 5.75 Å². The van der Waals surface area contributed by atoms with Crippen LogP contribution in [-0.4, -0.2) is 16.9 Å². The Morgan fingerprint density at radius 2 is 2.06 bits per heavy atom. The summed E-state index contributed by atoms with van der Waals surface area (Å²) in [5, 5.41) is 0.332. The molecule has 2 rings (SSSR count). The smallest absolute Gasteiger partial charge is 0.205 e. The summed E-state index contributed by atoms with van der Waals surface area (Å²) >= 11 is 3.15. The summed E-state index contributed by atoms with van der Waals surface area (Å²) in [6, 6.07) is 5.44. The molecular formula is C14H19BrO3. The van der Waals surface area contributed by atoms with Crippen LogP contribution in [0.25, 0.3) is 0 Å². The maximum Gasteiger partial charge on any atom is 0.205 e. The molecule has 0 bridgehead atoms. The van der Waals surface area contributed by atoms with Gasteiger partial charge in [-0.05, 0) is 18.2 Å². The van der Waals surface area contributed by atoms with Crippen LogP contribution in [0, 0.1) is 0 Å². The zero-order valence-corrected chi connectivity index (χ0v) is 12.8. The molecule has 0 fully saturated rings. The summed E-state index contributed by atoms with van der Waals surface area (Å²) in [7, 11) is 0. The summed E-state index contributed by atoms with van der Waals surface area (Å²) in [5.74, 6) is 0.267. The molecule has 0 aromatic heterocycles. The zero-order valence-electron chi connectivity index (χ0n) is 11.2. The Labute approximate surface area is 117 Å². The van der Waals surface area contributed by atoms with Crippen LogP contribution in [0.1, 0.15) is 43.6 Å². The van der Waals surface area contributed by atoms with Crippen molar-refractivity contribution in [3.05, 3.63) is 29.3 Å². The van der Waals surface area contributed by atoms with Gasteiger partial charge in [0, 0.05) is 25.0 Å². The lowest BCUT2D eigenvalue weighted by molar-refractivity contribution is -0.180. The van der Waals surface area contributed by atoms with Crippen molar-refractivity contribution in [2.24, 2.45) is 0 Å². The van der Waals surface area contributed by atoms with E-state index in [2.05, 4.69) is 15.9 Å². The van der Waals surface area contributed by atoms with Crippen molar-refractivity contribution < 1.29 is 14.3 Å². The van der Waals surface area contributed by atoms with Crippen LogP contribution >= 0.6 is 15.9 Å². The Kier molecular flexibility index (Phi) is 5.35. The van der Waals surface area contributed by atoms with Gasteiger partial charge in [0.05, 0.1) is 11.9 Å². The van der Waals surface area contributed by atoms with E-state index in [1.807, 2.05) is 39.8 Å². The van der Waals surface area contributed by atoms with Crippen molar-refractivity contribution in [1.29, 1.82) is 0 Å². The van der Waals surface area contributed by atoms with Crippen LogP contribution in [0.4, 0.5) is 0 Å². The zero-order chi connectivity index (χ0) is 13.8. The lowest BCUT2D eigenvalue weighted by Gasteiger charge is -2.32. The third kappa shape index (κ3) is 3.56. The molecule has 0 unspecified atom stereocenters. The lowest BCUT2D eigenvalue weighted by atomic mass is 10.1. The Morgan fingerprint density at radius 3 is 2.67 bits per heavy atom. The predicted molar refractivity (Wildman–Crippen MR) is 75.4 cm³/mol. The van der Waals surface area contributed by atoms with Crippen LogP contribution in [0.15, 0.2) is 18.2 Å². The van der Waals surface area contributed by atoms with E-state index in [4.69, 9.17) is 9.47 Å². The second-order valence-corrected chi connectivity index (χ2v) is 4.73. The van der Waals surface area contributed by atoms with Gasteiger partial charge >= 0.3 is 0 Å². The SMILES string of the molecule is CC.CC1(C)OCc2cc(C(=O)CBr)ccc2O1. The summed E-state index contributed by atoms with van der Waals surface area (Å²) in [6.07, 6.45) is 0. The highest BCUT2D eigenvalue weighted by molar-refractivity contribution is 9.09. The summed E-state index contributed by atoms with van der Waals surface area (Å²) < 4.78 is 11.2. The van der Waals surface area contributed by atoms with Crippen molar-refractivity contribution in [2.75, 3.05) is 5.33 Å². The van der Waals surface area contributed by atoms with E-state index < -0.39 is 5.79 Å². The van der Waals surface area contributed by atoms with Gasteiger partial charge in [0.2, 0.25) is 5.79 Å². The second kappa shape index (κ2) is 6.34. The maximum absolute atomic E-state index is 11.5. The molecule has 0 N–H and O–H groups in total. The molecule has 1 aliphatic rings. The molecule has 3 nitrogen and oxygen atoms in total. The first kappa shape index (κ1) is 15.2. The fourth-order valence-corrected chi connectivity index (χ4v) is 1.91. The van der Waals surface area contributed by atoms with Gasteiger partial charge in [-0.3, -0.25) is 4.79 Å². The summed E-state index contributed by atoms with van der Waals surface area (Å²) in [5.41, 5.74) is 1.61. The first-order chi connectivity index (χ1) is 8.52. The predicted octanol–water partition coefficient (Wildman–Crippen LogP) is 3.94. The number of rotatable bonds is 2. The van der Waals surface area contributed by atoms with Gasteiger partial charge in [-0.2, -0.15) is 0 Å². The third-order valence-corrected chi connectivity index (χ3v) is 2.94. The maximum atomic E-state index is 11.5. The molecule has 0 aliphatic carbocycles. The number of alkyl halides is 1. The number of Topliss-reactive ketones (excluding diaryl/α,β-unsaturated/α-hetero) is 1. The number of carbonyl (C=O) groups excluding carboxylic acids is 1. The summed E-state index contributed by atoms with van der Waals surface area (Å²) in [6.45, 7) is 8.21. The average molecular weight is 315 g/mol. The van der Waals surface area contributed by atoms with Gasteiger partial charge in [-0.15, -0.1) is 0 Å². The molecule has 0 saturated heterocycles. The van der Waals surface area contributed by atoms with E-state index in [-0.39, 0.29) is 5.78 Å². The standard InChI is InChI=1S/C12H13BrO3.C2H6/c1-12(2)15-7-9-5-8(10(14)6-13)3-4-11(9)16-12;1-2/h3-5H,6-7H2,1-2H3;1-2H3. The molecule has 1 aromatic carbocycles. The monoisotopic (exact) mass is 314 g/mol. The quantitative estimate of drug-likeness (QED) is 0.612. The average Bonchev–Trinajstić information content (AvgIpc) is 2.38. The van der Waals surface area contributed by atoms with E-state index >= 15 is 0 Å². The Bertz CT molecular complexity index is 427. The molecular weight excluding hydrogens is 296 g/mol. The van der Waals surface area contributed by atoms with E-state index in [9.17, 15) is 4.79 Å². The van der Waals surface area contributed by atoms with Crippen molar-refractivity contribution >= 4 is 21.7 Å². The topological polar surface area (TPSA) is 35.5 Å². The minimum absolute atomic E-state index is 0.0626. The number of ether oxygens (including phenoxy) is 2. The van der Waals surface area contributed by atoms with Crippen LogP contribution in [-0.2, 0) is 11.3 Å². The van der Waals surface area contributed by atoms with Crippen LogP contribution in [0.5, 0.6) is 5.75 Å². The summed E-state index contributed by atoms with van der Waals surface area (Å²) in [4.78, 5) is 11.5. The van der Waals surface area contributed by atoms with Crippen LogP contribution < -0.4 is 4.74 Å². The molecule has 0 atom stereocenters. The molecule has 100 valence electrons. The fourth-order valence-electron chi connectivity index (χ4n) is 1.59. The molecule has 0 amide bonds. The van der Waals surface area contributed by atoms with Crippen molar-refractivity contribution in [1.82, 2.24) is 0 Å². The highest BCUT2D eigenvalue weighted by atomic mass is 79.9. The minimum Gasteiger partial charge on any atom is -0.463 e. The molecule has 1 heterocycles. The first-order valence-corrected chi connectivity index (χ1v) is 7.19. The van der Waals surface area contributed by atoms with E-state index in [1.165, 1.54) is 0 Å². The molecule has 0 radical (unpaired) electrons. The number of fused-ring (bicyclic) bond motifs is 1. The Balaban J connectivity index is 0.000000771. The van der Waals surface area contributed by atoms with Gasteiger partial charge in [-0.1, -0.05) is 29.8 Å². The Morgan fingerprint density at radius 1 is 1.39 bits per heavy atom. The molecule has 0 saturated carbocycles. The number of hydrogen-bond acceptors (Lipinski definition) is 3. The number of halogens is 1. The molecule has 4 heteroatoms. The largest absolute Gasteiger partial charge is 0.463 e. The highest BCUT2D eigenvalue weighted by Crippen LogP contribution is 2.31. The third-order valence-electron chi connectivity index (χ3n) is 2.43. The second-order valence-electron chi connectivity index (χ2n) is 4.17. The molecule has 1 aliphatic heterocycles. The van der Waals surface area contributed by atoms with E-state index in [1.54, 1.807) is 6.07 Å². The fraction of sp³-hybridized carbons (Fsp3) is 0.500. The molecule has 1 aromatic rings. The van der Waals surface area contributed by atoms with Crippen LogP contribution in [0.3, 0.4) is 0 Å². The highest BCUT2D eigenvalue weighted by Gasteiger charge is 2.27. The lowest BCUT2D eigenvalue weighted by Crippen LogP contribution is -2.35. The number of carbonyl (C=O) groups is 1. The number of ketones is 1. The number of hydrogen-bond donors (Lipinski definition) is 0. The number of benzene rings is 1. The van der Waals surface area contributed by atoms with Gasteiger partial charge in [0.25, 0.3) is 0 Å². The van der Waals surface area contributed by atoms with Crippen molar-refractivity contribution in [2.45, 2.75) is 40.1 Å². The van der Waals surface area contributed by atoms with Crippen molar-refractivity contribution in [3.8, 4) is 5.75 Å². The minimum atomic E-state index is -0.589. The van der Waals surface area contributed by atoms with Gasteiger partial charge in [-0.25, -0.2) is 0 Å². The van der Waals surface area contributed by atoms with Gasteiger partial charge < -0.3 is 9.47 Å². The van der Waals surface area contributed by atoms with Gasteiger partial charge in [0.15, 0.2) is 5.78 Å². The molecule has 18 heavy (non-hydrogen) atoms.